The van der Waals surface area contributed by atoms with Gasteiger partial charge in [0.15, 0.2) is 0 Å². The minimum absolute atomic E-state index is 0.169. The Labute approximate surface area is 103 Å². The van der Waals surface area contributed by atoms with Crippen molar-refractivity contribution in [2.45, 2.75) is 31.5 Å². The van der Waals surface area contributed by atoms with Gasteiger partial charge in [-0.25, -0.2) is 4.39 Å². The van der Waals surface area contributed by atoms with Crippen molar-refractivity contribution in [1.29, 1.82) is 0 Å². The maximum absolute atomic E-state index is 13.7. The van der Waals surface area contributed by atoms with E-state index >= 15 is 0 Å². The number of hydrogen-bond donors (Lipinski definition) is 0. The fraction of sp³-hybridized carbons (Fsp3) is 0.500. The number of halogens is 2. The minimum atomic E-state index is -0.479. The van der Waals surface area contributed by atoms with Gasteiger partial charge in [0.1, 0.15) is 11.4 Å². The van der Waals surface area contributed by atoms with Gasteiger partial charge in [0, 0.05) is 9.99 Å². The lowest BCUT2D eigenvalue weighted by Crippen LogP contribution is -2.30. The molecule has 1 atom stereocenters. The van der Waals surface area contributed by atoms with Gasteiger partial charge < -0.3 is 4.74 Å². The first-order valence-electron chi connectivity index (χ1n) is 5.14. The van der Waals surface area contributed by atoms with Crippen molar-refractivity contribution < 1.29 is 9.13 Å². The zero-order chi connectivity index (χ0) is 10.9. The molecule has 1 aromatic rings. The fourth-order valence-electron chi connectivity index (χ4n) is 1.61. The lowest BCUT2D eigenvalue weighted by molar-refractivity contribution is -0.0299. The summed E-state index contributed by atoms with van der Waals surface area (Å²) in [6.07, 6.45) is 2.56. The van der Waals surface area contributed by atoms with Gasteiger partial charge in [0.05, 0.1) is 6.10 Å². The molecule has 82 valence electrons. The number of ether oxygens (including phenoxy) is 1. The Morgan fingerprint density at radius 1 is 1.47 bits per heavy atom. The van der Waals surface area contributed by atoms with Crippen LogP contribution in [0.25, 0.3) is 0 Å². The third kappa shape index (κ3) is 2.50. The van der Waals surface area contributed by atoms with Crippen LogP contribution in [0.15, 0.2) is 24.3 Å². The average Bonchev–Trinajstić information content (AvgIpc) is 3.02. The molecule has 0 amide bonds. The van der Waals surface area contributed by atoms with Gasteiger partial charge in [-0.05, 0) is 25.8 Å². The molecule has 0 heterocycles. The van der Waals surface area contributed by atoms with Crippen molar-refractivity contribution in [3.05, 3.63) is 35.6 Å². The van der Waals surface area contributed by atoms with Crippen LogP contribution in [0.1, 0.15) is 25.3 Å². The molecule has 1 aliphatic carbocycles. The third-order valence-electron chi connectivity index (χ3n) is 2.65. The summed E-state index contributed by atoms with van der Waals surface area (Å²) in [4.78, 5) is 0. The molecule has 3 heteroatoms. The highest BCUT2D eigenvalue weighted by atomic mass is 127. The maximum atomic E-state index is 13.7. The summed E-state index contributed by atoms with van der Waals surface area (Å²) in [7, 11) is 0. The summed E-state index contributed by atoms with van der Waals surface area (Å²) in [5.74, 6) is -0.169. The summed E-state index contributed by atoms with van der Waals surface area (Å²) in [6.45, 7) is 1.97. The number of benzene rings is 1. The predicted molar refractivity (Wildman–Crippen MR) is 66.7 cm³/mol. The second kappa shape index (κ2) is 4.37. The third-order valence-corrected chi connectivity index (χ3v) is 4.11. The van der Waals surface area contributed by atoms with Crippen LogP contribution in [-0.4, -0.2) is 10.5 Å². The zero-order valence-electron chi connectivity index (χ0n) is 8.67. The highest BCUT2D eigenvalue weighted by Crippen LogP contribution is 2.37. The van der Waals surface area contributed by atoms with Gasteiger partial charge >= 0.3 is 0 Å². The Morgan fingerprint density at radius 3 is 2.67 bits per heavy atom. The zero-order valence-corrected chi connectivity index (χ0v) is 10.8. The summed E-state index contributed by atoms with van der Waals surface area (Å²) < 4.78 is 20.3. The molecule has 1 aliphatic rings. The Balaban J connectivity index is 2.27. The largest absolute Gasteiger partial charge is 0.366 e. The van der Waals surface area contributed by atoms with E-state index in [1.165, 1.54) is 6.07 Å². The summed E-state index contributed by atoms with van der Waals surface area (Å²) in [6, 6.07) is 6.88. The molecule has 1 unspecified atom stereocenters. The molecule has 1 fully saturated rings. The molecule has 2 rings (SSSR count). The smallest absolute Gasteiger partial charge is 0.129 e. The first-order chi connectivity index (χ1) is 7.15. The highest BCUT2D eigenvalue weighted by Gasteiger charge is 2.36. The van der Waals surface area contributed by atoms with Crippen LogP contribution in [-0.2, 0) is 10.3 Å². The normalized spacial score (nSPS) is 19.9. The molecular formula is C12H14FIO. The summed E-state index contributed by atoms with van der Waals surface area (Å²) >= 11 is 2.26. The van der Waals surface area contributed by atoms with Gasteiger partial charge in [-0.3, -0.25) is 0 Å². The fourth-order valence-corrected chi connectivity index (χ4v) is 2.20. The molecule has 0 aliphatic heterocycles. The van der Waals surface area contributed by atoms with E-state index in [4.69, 9.17) is 4.74 Å². The Hall–Kier alpha value is -0.160. The van der Waals surface area contributed by atoms with Gasteiger partial charge in [-0.1, -0.05) is 40.8 Å². The van der Waals surface area contributed by atoms with Crippen molar-refractivity contribution in [3.63, 3.8) is 0 Å². The molecular weight excluding hydrogens is 306 g/mol. The van der Waals surface area contributed by atoms with Crippen LogP contribution < -0.4 is 0 Å². The minimum Gasteiger partial charge on any atom is -0.366 e. The SMILES string of the molecule is CC(CI)(OC1CC1)c1ccccc1F. The topological polar surface area (TPSA) is 9.23 Å². The first-order valence-corrected chi connectivity index (χ1v) is 6.67. The Morgan fingerprint density at radius 2 is 2.13 bits per heavy atom. The Bertz CT molecular complexity index is 351. The Kier molecular flexibility index (Phi) is 3.30. The predicted octanol–water partition coefficient (Wildman–Crippen LogP) is 3.65. The number of alkyl halides is 1. The van der Waals surface area contributed by atoms with E-state index in [1.54, 1.807) is 6.07 Å². The van der Waals surface area contributed by atoms with Crippen molar-refractivity contribution in [3.8, 4) is 0 Å². The van der Waals surface area contributed by atoms with Gasteiger partial charge in [-0.15, -0.1) is 0 Å². The molecule has 15 heavy (non-hydrogen) atoms. The molecule has 1 aromatic carbocycles. The van der Waals surface area contributed by atoms with Crippen LogP contribution in [0, 0.1) is 5.82 Å². The van der Waals surface area contributed by atoms with E-state index in [1.807, 2.05) is 19.1 Å². The first kappa shape index (κ1) is 11.3. The van der Waals surface area contributed by atoms with E-state index < -0.39 is 5.60 Å². The lowest BCUT2D eigenvalue weighted by atomic mass is 9.97. The second-order valence-electron chi connectivity index (χ2n) is 4.16. The van der Waals surface area contributed by atoms with Crippen LogP contribution in [0.5, 0.6) is 0 Å². The van der Waals surface area contributed by atoms with E-state index in [9.17, 15) is 4.39 Å². The van der Waals surface area contributed by atoms with Crippen molar-refractivity contribution in [1.82, 2.24) is 0 Å². The molecule has 0 bridgehead atoms. The standard InChI is InChI=1S/C12H14FIO/c1-12(8-14,15-9-6-7-9)10-4-2-3-5-11(10)13/h2-5,9H,6-8H2,1H3. The van der Waals surface area contributed by atoms with Crippen LogP contribution >= 0.6 is 22.6 Å². The number of rotatable bonds is 4. The molecule has 1 nitrogen and oxygen atoms in total. The van der Waals surface area contributed by atoms with Crippen molar-refractivity contribution in [2.24, 2.45) is 0 Å². The molecule has 0 spiro atoms. The second-order valence-corrected chi connectivity index (χ2v) is 4.92. The van der Waals surface area contributed by atoms with E-state index in [0.717, 1.165) is 17.3 Å². The quantitative estimate of drug-likeness (QED) is 0.608. The molecule has 0 aromatic heterocycles. The van der Waals surface area contributed by atoms with Crippen LogP contribution in [0.3, 0.4) is 0 Å². The van der Waals surface area contributed by atoms with Crippen molar-refractivity contribution >= 4 is 22.6 Å². The van der Waals surface area contributed by atoms with E-state index in [-0.39, 0.29) is 5.82 Å². The maximum Gasteiger partial charge on any atom is 0.129 e. The summed E-state index contributed by atoms with van der Waals surface area (Å²) in [5, 5.41) is 0. The van der Waals surface area contributed by atoms with Crippen LogP contribution in [0.4, 0.5) is 4.39 Å². The van der Waals surface area contributed by atoms with Crippen LogP contribution in [0.2, 0.25) is 0 Å². The molecule has 1 saturated carbocycles. The molecule has 0 saturated heterocycles. The average molecular weight is 320 g/mol. The van der Waals surface area contributed by atoms with E-state index in [0.29, 0.717) is 11.7 Å². The highest BCUT2D eigenvalue weighted by molar-refractivity contribution is 14.1. The van der Waals surface area contributed by atoms with Gasteiger partial charge in [0.25, 0.3) is 0 Å². The lowest BCUT2D eigenvalue weighted by Gasteiger charge is -2.28. The molecule has 0 N–H and O–H groups in total. The number of hydrogen-bond acceptors (Lipinski definition) is 1. The van der Waals surface area contributed by atoms with Crippen molar-refractivity contribution in [2.75, 3.05) is 4.43 Å². The van der Waals surface area contributed by atoms with Gasteiger partial charge in [0.2, 0.25) is 0 Å². The van der Waals surface area contributed by atoms with Gasteiger partial charge in [-0.2, -0.15) is 0 Å². The molecule has 0 radical (unpaired) electrons. The summed E-state index contributed by atoms with van der Waals surface area (Å²) in [5.41, 5.74) is 0.193. The van der Waals surface area contributed by atoms with E-state index in [2.05, 4.69) is 22.6 Å². The monoisotopic (exact) mass is 320 g/mol.